The Bertz CT molecular complexity index is 263. The zero-order valence-electron chi connectivity index (χ0n) is 12.0. The van der Waals surface area contributed by atoms with Gasteiger partial charge in [0.1, 0.15) is 0 Å². The Balaban J connectivity index is 2.61. The van der Waals surface area contributed by atoms with Crippen LogP contribution >= 0.6 is 0 Å². The van der Waals surface area contributed by atoms with E-state index in [2.05, 4.69) is 33.0 Å². The normalized spacial score (nSPS) is 25.4. The summed E-state index contributed by atoms with van der Waals surface area (Å²) in [6.07, 6.45) is 3.43. The fourth-order valence-electron chi connectivity index (χ4n) is 2.54. The van der Waals surface area contributed by atoms with E-state index in [0.29, 0.717) is 5.92 Å². The first-order chi connectivity index (χ1) is 7.88. The predicted molar refractivity (Wildman–Crippen MR) is 71.9 cm³/mol. The highest BCUT2D eigenvalue weighted by molar-refractivity contribution is 5.82. The fraction of sp³-hybridized carbons (Fsp3) is 0.929. The summed E-state index contributed by atoms with van der Waals surface area (Å²) in [6, 6.07) is -0.00898. The van der Waals surface area contributed by atoms with Gasteiger partial charge in [-0.1, -0.05) is 34.1 Å². The quantitative estimate of drug-likeness (QED) is 0.817. The zero-order chi connectivity index (χ0) is 13.1. The standard InChI is InChI=1S/C14H28N2O/c1-6-11(2)10-16(5)13(17)12-14(3,4)8-7-9-15-12/h11-12,15H,6-10H2,1-5H3. The fourth-order valence-corrected chi connectivity index (χ4v) is 2.54. The number of nitrogens with one attached hydrogen (secondary N) is 1. The van der Waals surface area contributed by atoms with Crippen LogP contribution in [0.1, 0.15) is 47.0 Å². The lowest BCUT2D eigenvalue weighted by Crippen LogP contribution is -2.56. The Morgan fingerprint density at radius 3 is 2.71 bits per heavy atom. The van der Waals surface area contributed by atoms with Gasteiger partial charge in [0, 0.05) is 13.6 Å². The average Bonchev–Trinajstić information content (AvgIpc) is 2.27. The largest absolute Gasteiger partial charge is 0.344 e. The molecule has 3 heteroatoms. The van der Waals surface area contributed by atoms with Crippen molar-refractivity contribution >= 4 is 5.91 Å². The second-order valence-electron chi connectivity index (χ2n) is 6.21. The topological polar surface area (TPSA) is 32.3 Å². The summed E-state index contributed by atoms with van der Waals surface area (Å²) in [5, 5.41) is 3.39. The number of hydrogen-bond donors (Lipinski definition) is 1. The number of amides is 1. The van der Waals surface area contributed by atoms with Crippen molar-refractivity contribution in [2.45, 2.75) is 53.0 Å². The van der Waals surface area contributed by atoms with Crippen LogP contribution in [-0.2, 0) is 4.79 Å². The van der Waals surface area contributed by atoms with Crippen LogP contribution in [0, 0.1) is 11.3 Å². The van der Waals surface area contributed by atoms with Gasteiger partial charge in [0.05, 0.1) is 6.04 Å². The molecule has 0 aromatic carbocycles. The van der Waals surface area contributed by atoms with Crippen LogP contribution in [0.15, 0.2) is 0 Å². The molecule has 1 aliphatic heterocycles. The summed E-state index contributed by atoms with van der Waals surface area (Å²) in [6.45, 7) is 10.6. The van der Waals surface area contributed by atoms with Crippen molar-refractivity contribution in [2.75, 3.05) is 20.1 Å². The summed E-state index contributed by atoms with van der Waals surface area (Å²) < 4.78 is 0. The number of carbonyl (C=O) groups excluding carboxylic acids is 1. The van der Waals surface area contributed by atoms with E-state index in [9.17, 15) is 4.79 Å². The second-order valence-corrected chi connectivity index (χ2v) is 6.21. The summed E-state index contributed by atoms with van der Waals surface area (Å²) >= 11 is 0. The number of rotatable bonds is 4. The monoisotopic (exact) mass is 240 g/mol. The number of likely N-dealkylation sites (N-methyl/N-ethyl adjacent to an activating group) is 1. The SMILES string of the molecule is CCC(C)CN(C)C(=O)C1NCCCC1(C)C. The molecular formula is C14H28N2O. The van der Waals surface area contributed by atoms with Gasteiger partial charge >= 0.3 is 0 Å². The van der Waals surface area contributed by atoms with Crippen LogP contribution < -0.4 is 5.32 Å². The Kier molecular flexibility index (Phi) is 4.99. The van der Waals surface area contributed by atoms with Gasteiger partial charge < -0.3 is 10.2 Å². The molecule has 3 nitrogen and oxygen atoms in total. The number of carbonyl (C=O) groups is 1. The lowest BCUT2D eigenvalue weighted by molar-refractivity contribution is -0.136. The van der Waals surface area contributed by atoms with Crippen molar-refractivity contribution in [3.63, 3.8) is 0 Å². The van der Waals surface area contributed by atoms with Gasteiger partial charge in [0.25, 0.3) is 0 Å². The van der Waals surface area contributed by atoms with Gasteiger partial charge in [-0.3, -0.25) is 4.79 Å². The van der Waals surface area contributed by atoms with Crippen molar-refractivity contribution in [3.8, 4) is 0 Å². The van der Waals surface area contributed by atoms with Crippen LogP contribution in [0.2, 0.25) is 0 Å². The molecule has 2 atom stereocenters. The molecule has 1 saturated heterocycles. The third kappa shape index (κ3) is 3.70. The van der Waals surface area contributed by atoms with Gasteiger partial charge in [-0.25, -0.2) is 0 Å². The van der Waals surface area contributed by atoms with E-state index in [-0.39, 0.29) is 17.4 Å². The molecule has 0 aromatic heterocycles. The van der Waals surface area contributed by atoms with Crippen LogP contribution in [0.3, 0.4) is 0 Å². The van der Waals surface area contributed by atoms with Crippen molar-refractivity contribution in [1.82, 2.24) is 10.2 Å². The molecular weight excluding hydrogens is 212 g/mol. The second kappa shape index (κ2) is 5.85. The summed E-state index contributed by atoms with van der Waals surface area (Å²) in [5.41, 5.74) is 0.0824. The Morgan fingerprint density at radius 1 is 1.53 bits per heavy atom. The van der Waals surface area contributed by atoms with Crippen LogP contribution in [0.5, 0.6) is 0 Å². The van der Waals surface area contributed by atoms with E-state index in [1.807, 2.05) is 11.9 Å². The number of piperidine rings is 1. The molecule has 0 radical (unpaired) electrons. The minimum absolute atomic E-state index is 0.00898. The molecule has 1 aliphatic rings. The maximum Gasteiger partial charge on any atom is 0.240 e. The van der Waals surface area contributed by atoms with Crippen LogP contribution in [-0.4, -0.2) is 37.0 Å². The smallest absolute Gasteiger partial charge is 0.240 e. The predicted octanol–water partition coefficient (Wildman–Crippen LogP) is 2.27. The van der Waals surface area contributed by atoms with E-state index >= 15 is 0 Å². The Labute approximate surface area is 106 Å². The van der Waals surface area contributed by atoms with Gasteiger partial charge in [-0.15, -0.1) is 0 Å². The highest BCUT2D eigenvalue weighted by Crippen LogP contribution is 2.31. The molecule has 0 aromatic rings. The van der Waals surface area contributed by atoms with E-state index < -0.39 is 0 Å². The molecule has 1 heterocycles. The molecule has 1 N–H and O–H groups in total. The first kappa shape index (κ1) is 14.5. The van der Waals surface area contributed by atoms with Gasteiger partial charge in [0.15, 0.2) is 0 Å². The van der Waals surface area contributed by atoms with Crippen molar-refractivity contribution < 1.29 is 4.79 Å². The van der Waals surface area contributed by atoms with Crippen molar-refractivity contribution in [3.05, 3.63) is 0 Å². The maximum absolute atomic E-state index is 12.4. The lowest BCUT2D eigenvalue weighted by atomic mass is 9.77. The molecule has 1 amide bonds. The summed E-state index contributed by atoms with van der Waals surface area (Å²) in [4.78, 5) is 14.3. The number of nitrogens with zero attached hydrogens (tertiary/aromatic N) is 1. The Morgan fingerprint density at radius 2 is 2.18 bits per heavy atom. The minimum atomic E-state index is -0.00898. The third-order valence-corrected chi connectivity index (χ3v) is 4.03. The first-order valence-electron chi connectivity index (χ1n) is 6.87. The summed E-state index contributed by atoms with van der Waals surface area (Å²) in [5.74, 6) is 0.839. The van der Waals surface area contributed by atoms with Crippen molar-refractivity contribution in [1.29, 1.82) is 0 Å². The van der Waals surface area contributed by atoms with Gasteiger partial charge in [0.2, 0.25) is 5.91 Å². The minimum Gasteiger partial charge on any atom is -0.344 e. The van der Waals surface area contributed by atoms with Crippen LogP contribution in [0.25, 0.3) is 0 Å². The molecule has 1 fully saturated rings. The molecule has 17 heavy (non-hydrogen) atoms. The lowest BCUT2D eigenvalue weighted by Gasteiger charge is -2.40. The van der Waals surface area contributed by atoms with E-state index in [4.69, 9.17) is 0 Å². The Hall–Kier alpha value is -0.570. The highest BCUT2D eigenvalue weighted by atomic mass is 16.2. The maximum atomic E-state index is 12.4. The average molecular weight is 240 g/mol. The zero-order valence-corrected chi connectivity index (χ0v) is 12.0. The van der Waals surface area contributed by atoms with E-state index in [0.717, 1.165) is 25.9 Å². The molecule has 2 unspecified atom stereocenters. The highest BCUT2D eigenvalue weighted by Gasteiger charge is 2.38. The van der Waals surface area contributed by atoms with E-state index in [1.54, 1.807) is 0 Å². The van der Waals surface area contributed by atoms with Crippen molar-refractivity contribution in [2.24, 2.45) is 11.3 Å². The van der Waals surface area contributed by atoms with Crippen LogP contribution in [0.4, 0.5) is 0 Å². The van der Waals surface area contributed by atoms with Gasteiger partial charge in [-0.2, -0.15) is 0 Å². The molecule has 0 spiro atoms. The molecule has 1 rings (SSSR count). The molecule has 100 valence electrons. The molecule has 0 bridgehead atoms. The summed E-state index contributed by atoms with van der Waals surface area (Å²) in [7, 11) is 1.93. The number of hydrogen-bond acceptors (Lipinski definition) is 2. The third-order valence-electron chi connectivity index (χ3n) is 4.03. The van der Waals surface area contributed by atoms with E-state index in [1.165, 1.54) is 6.42 Å². The first-order valence-corrected chi connectivity index (χ1v) is 6.87. The molecule has 0 saturated carbocycles. The molecule has 0 aliphatic carbocycles. The van der Waals surface area contributed by atoms with Gasteiger partial charge in [-0.05, 0) is 30.7 Å².